The van der Waals surface area contributed by atoms with Gasteiger partial charge >= 0.3 is 0 Å². The number of hydrogen-bond donors (Lipinski definition) is 1. The second-order valence-electron chi connectivity index (χ2n) is 5.70. The molecule has 0 fully saturated rings. The van der Waals surface area contributed by atoms with Crippen LogP contribution in [0, 0.1) is 12.7 Å². The summed E-state index contributed by atoms with van der Waals surface area (Å²) < 4.78 is 14.0. The molecule has 2 atom stereocenters. The summed E-state index contributed by atoms with van der Waals surface area (Å²) in [4.78, 5) is 0. The van der Waals surface area contributed by atoms with Crippen LogP contribution >= 0.6 is 0 Å². The van der Waals surface area contributed by atoms with E-state index >= 15 is 0 Å². The summed E-state index contributed by atoms with van der Waals surface area (Å²) in [7, 11) is 1.91. The van der Waals surface area contributed by atoms with Crippen LogP contribution in [0.15, 0.2) is 42.5 Å². The molecule has 1 N–H and O–H groups in total. The predicted molar refractivity (Wildman–Crippen MR) is 80.4 cm³/mol. The van der Waals surface area contributed by atoms with Gasteiger partial charge in [0, 0.05) is 11.6 Å². The fourth-order valence-electron chi connectivity index (χ4n) is 3.19. The molecule has 0 saturated carbocycles. The minimum Gasteiger partial charge on any atom is -0.313 e. The lowest BCUT2D eigenvalue weighted by atomic mass is 9.73. The second-order valence-corrected chi connectivity index (χ2v) is 5.70. The number of fused-ring (bicyclic) bond motifs is 1. The molecule has 0 spiro atoms. The fraction of sp³-hybridized carbons (Fsp3) is 0.333. The smallest absolute Gasteiger partial charge is 0.127 e. The number of benzene rings is 2. The van der Waals surface area contributed by atoms with Gasteiger partial charge in [-0.1, -0.05) is 42.0 Å². The molecule has 0 aromatic heterocycles. The van der Waals surface area contributed by atoms with Crippen molar-refractivity contribution in [1.29, 1.82) is 0 Å². The van der Waals surface area contributed by atoms with Crippen molar-refractivity contribution in [3.05, 3.63) is 70.5 Å². The average molecular weight is 269 g/mol. The highest BCUT2D eigenvalue weighted by Crippen LogP contribution is 2.41. The van der Waals surface area contributed by atoms with Crippen LogP contribution in [-0.2, 0) is 6.42 Å². The van der Waals surface area contributed by atoms with Crippen LogP contribution in [0.5, 0.6) is 0 Å². The molecule has 2 aromatic rings. The monoisotopic (exact) mass is 269 g/mol. The largest absolute Gasteiger partial charge is 0.313 e. The van der Waals surface area contributed by atoms with Gasteiger partial charge in [0.25, 0.3) is 0 Å². The van der Waals surface area contributed by atoms with Gasteiger partial charge in [0.15, 0.2) is 0 Å². The molecule has 0 heterocycles. The second kappa shape index (κ2) is 5.37. The molecule has 0 amide bonds. The Morgan fingerprint density at radius 2 is 2.05 bits per heavy atom. The standard InChI is InChI=1S/C18H20FN/c1-12-7-8-17(19)16(9-12)18(20-2)11-14-10-13-5-3-4-6-15(13)14/h3-9,14,18,20H,10-11H2,1-2H3. The molecule has 2 unspecified atom stereocenters. The van der Waals surface area contributed by atoms with E-state index in [4.69, 9.17) is 0 Å². The van der Waals surface area contributed by atoms with Crippen LogP contribution in [0.2, 0.25) is 0 Å². The van der Waals surface area contributed by atoms with Gasteiger partial charge in [-0.15, -0.1) is 0 Å². The van der Waals surface area contributed by atoms with Gasteiger partial charge in [-0.3, -0.25) is 0 Å². The van der Waals surface area contributed by atoms with E-state index in [2.05, 4.69) is 29.6 Å². The van der Waals surface area contributed by atoms with E-state index in [0.29, 0.717) is 5.92 Å². The Balaban J connectivity index is 1.80. The molecular formula is C18H20FN. The molecule has 1 aliphatic rings. The zero-order chi connectivity index (χ0) is 14.1. The summed E-state index contributed by atoms with van der Waals surface area (Å²) in [6.45, 7) is 2.01. The molecule has 0 saturated heterocycles. The molecular weight excluding hydrogens is 249 g/mol. The first-order chi connectivity index (χ1) is 9.69. The molecule has 0 radical (unpaired) electrons. The van der Waals surface area contributed by atoms with Crippen LogP contribution in [-0.4, -0.2) is 7.05 Å². The molecule has 20 heavy (non-hydrogen) atoms. The number of halogens is 1. The molecule has 104 valence electrons. The Bertz CT molecular complexity index is 621. The van der Waals surface area contributed by atoms with Crippen LogP contribution in [0.4, 0.5) is 4.39 Å². The van der Waals surface area contributed by atoms with E-state index in [9.17, 15) is 4.39 Å². The first-order valence-corrected chi connectivity index (χ1v) is 7.20. The normalized spacial score (nSPS) is 18.2. The summed E-state index contributed by atoms with van der Waals surface area (Å²) in [5.74, 6) is 0.436. The lowest BCUT2D eigenvalue weighted by molar-refractivity contribution is 0.437. The predicted octanol–water partition coefficient (Wildman–Crippen LogP) is 4.12. The van der Waals surface area contributed by atoms with E-state index < -0.39 is 0 Å². The van der Waals surface area contributed by atoms with Gasteiger partial charge in [0.05, 0.1) is 0 Å². The summed E-state index contributed by atoms with van der Waals surface area (Å²) in [5, 5.41) is 3.28. The highest BCUT2D eigenvalue weighted by Gasteiger charge is 2.28. The van der Waals surface area contributed by atoms with Gasteiger partial charge in [-0.2, -0.15) is 0 Å². The molecule has 1 nitrogen and oxygen atoms in total. The Kier molecular flexibility index (Phi) is 3.58. The topological polar surface area (TPSA) is 12.0 Å². The van der Waals surface area contributed by atoms with Crippen molar-refractivity contribution in [2.24, 2.45) is 0 Å². The van der Waals surface area contributed by atoms with E-state index in [0.717, 1.165) is 24.0 Å². The van der Waals surface area contributed by atoms with Crippen molar-refractivity contribution >= 4 is 0 Å². The Morgan fingerprint density at radius 1 is 1.25 bits per heavy atom. The minimum absolute atomic E-state index is 0.0771. The van der Waals surface area contributed by atoms with E-state index in [1.165, 1.54) is 11.1 Å². The van der Waals surface area contributed by atoms with Crippen LogP contribution < -0.4 is 5.32 Å². The Hall–Kier alpha value is -1.67. The van der Waals surface area contributed by atoms with Crippen molar-refractivity contribution in [3.8, 4) is 0 Å². The van der Waals surface area contributed by atoms with E-state index in [-0.39, 0.29) is 11.9 Å². The lowest BCUT2D eigenvalue weighted by Gasteiger charge is -2.33. The molecule has 3 rings (SSSR count). The number of nitrogens with one attached hydrogen (secondary N) is 1. The third kappa shape index (κ3) is 2.36. The van der Waals surface area contributed by atoms with Crippen LogP contribution in [0.3, 0.4) is 0 Å². The van der Waals surface area contributed by atoms with Crippen molar-refractivity contribution < 1.29 is 4.39 Å². The van der Waals surface area contributed by atoms with Gasteiger partial charge < -0.3 is 5.32 Å². The first kappa shape index (κ1) is 13.3. The molecule has 2 heteroatoms. The third-order valence-electron chi connectivity index (χ3n) is 4.36. The van der Waals surface area contributed by atoms with Gasteiger partial charge in [-0.05, 0) is 49.9 Å². The van der Waals surface area contributed by atoms with Gasteiger partial charge in [0.1, 0.15) is 5.82 Å². The quantitative estimate of drug-likeness (QED) is 0.880. The van der Waals surface area contributed by atoms with Gasteiger partial charge in [0.2, 0.25) is 0 Å². The maximum Gasteiger partial charge on any atom is 0.127 e. The summed E-state index contributed by atoms with van der Waals surface area (Å²) in [6.07, 6.45) is 2.07. The minimum atomic E-state index is -0.109. The molecule has 0 aliphatic heterocycles. The zero-order valence-electron chi connectivity index (χ0n) is 12.0. The lowest BCUT2D eigenvalue weighted by Crippen LogP contribution is -2.25. The fourth-order valence-corrected chi connectivity index (χ4v) is 3.19. The number of aryl methyl sites for hydroxylation is 1. The summed E-state index contributed by atoms with van der Waals surface area (Å²) in [5.41, 5.74) is 4.77. The molecule has 2 aromatic carbocycles. The average Bonchev–Trinajstić information content (AvgIpc) is 2.43. The van der Waals surface area contributed by atoms with Gasteiger partial charge in [-0.25, -0.2) is 4.39 Å². The van der Waals surface area contributed by atoms with Crippen molar-refractivity contribution in [1.82, 2.24) is 5.32 Å². The molecule has 0 bridgehead atoms. The summed E-state index contributed by atoms with van der Waals surface area (Å²) >= 11 is 0. The zero-order valence-corrected chi connectivity index (χ0v) is 12.0. The van der Waals surface area contributed by atoms with Crippen molar-refractivity contribution in [3.63, 3.8) is 0 Å². The Morgan fingerprint density at radius 3 is 2.80 bits per heavy atom. The van der Waals surface area contributed by atoms with Crippen molar-refractivity contribution in [2.45, 2.75) is 31.7 Å². The SMILES string of the molecule is CNC(CC1Cc2ccccc21)c1cc(C)ccc1F. The first-order valence-electron chi connectivity index (χ1n) is 7.20. The number of rotatable bonds is 4. The third-order valence-corrected chi connectivity index (χ3v) is 4.36. The van der Waals surface area contributed by atoms with Crippen LogP contribution in [0.25, 0.3) is 0 Å². The highest BCUT2D eigenvalue weighted by molar-refractivity contribution is 5.40. The van der Waals surface area contributed by atoms with Crippen molar-refractivity contribution in [2.75, 3.05) is 7.05 Å². The molecule has 1 aliphatic carbocycles. The maximum absolute atomic E-state index is 14.0. The van der Waals surface area contributed by atoms with Crippen LogP contribution in [0.1, 0.15) is 40.6 Å². The number of hydrogen-bond acceptors (Lipinski definition) is 1. The summed E-state index contributed by atoms with van der Waals surface area (Å²) in [6, 6.07) is 14.0. The van der Waals surface area contributed by atoms with E-state index in [1.807, 2.05) is 26.1 Å². The Labute approximate surface area is 119 Å². The maximum atomic E-state index is 14.0. The highest BCUT2D eigenvalue weighted by atomic mass is 19.1. The van der Waals surface area contributed by atoms with E-state index in [1.54, 1.807) is 6.07 Å².